The number of carbonyl (C=O) groups is 1. The quantitative estimate of drug-likeness (QED) is 0.533. The largest absolute Gasteiger partial charge is 0.481 e. The summed E-state index contributed by atoms with van der Waals surface area (Å²) in [5, 5.41) is 15.1. The maximum atomic E-state index is 13.0. The van der Waals surface area contributed by atoms with E-state index in [1.807, 2.05) is 0 Å². The van der Waals surface area contributed by atoms with Crippen molar-refractivity contribution in [3.63, 3.8) is 0 Å². The number of hydrogen-bond acceptors (Lipinski definition) is 8. The Bertz CT molecular complexity index is 882. The van der Waals surface area contributed by atoms with Crippen LogP contribution in [0.5, 0.6) is 0 Å². The summed E-state index contributed by atoms with van der Waals surface area (Å²) in [6.07, 6.45) is 6.25. The van der Waals surface area contributed by atoms with Crippen LogP contribution in [0.4, 0.5) is 5.95 Å². The molecule has 1 aromatic heterocycles. The molecule has 0 saturated carbocycles. The standard InChI is InChI=1S/C19H22ClN5O5/c20-13-8-21-19(22-9-13)23-14-3-5-24(10-14)18(26)12-1-2-16(25(27)28)17(7-12)30-15-4-6-29-11-15/h7-9,14-15H,1-6,10-11H2,(H,21,22,23)/t14-,15?/m1/s1. The molecule has 1 aliphatic carbocycles. The first-order chi connectivity index (χ1) is 14.5. The van der Waals surface area contributed by atoms with Crippen LogP contribution in [-0.4, -0.2) is 64.1 Å². The van der Waals surface area contributed by atoms with Gasteiger partial charge < -0.3 is 19.7 Å². The molecule has 3 heterocycles. The lowest BCUT2D eigenvalue weighted by molar-refractivity contribution is -0.431. The van der Waals surface area contributed by atoms with Crippen LogP contribution in [0.3, 0.4) is 0 Å². The fourth-order valence-electron chi connectivity index (χ4n) is 3.76. The third-order valence-electron chi connectivity index (χ3n) is 5.33. The predicted molar refractivity (Wildman–Crippen MR) is 107 cm³/mol. The molecule has 1 unspecified atom stereocenters. The van der Waals surface area contributed by atoms with Crippen LogP contribution in [0.15, 0.2) is 35.5 Å². The van der Waals surface area contributed by atoms with Crippen molar-refractivity contribution < 1.29 is 19.2 Å². The molecular weight excluding hydrogens is 414 g/mol. The van der Waals surface area contributed by atoms with Gasteiger partial charge in [-0.25, -0.2) is 9.97 Å². The van der Waals surface area contributed by atoms with Crippen LogP contribution in [0.2, 0.25) is 5.02 Å². The number of halogens is 1. The van der Waals surface area contributed by atoms with Crippen LogP contribution in [0, 0.1) is 10.1 Å². The molecule has 2 saturated heterocycles. The first-order valence-electron chi connectivity index (χ1n) is 9.85. The summed E-state index contributed by atoms with van der Waals surface area (Å²) in [4.78, 5) is 34.0. The predicted octanol–water partition coefficient (Wildman–Crippen LogP) is 2.16. The molecule has 1 N–H and O–H groups in total. The molecule has 0 aromatic carbocycles. The Labute approximate surface area is 178 Å². The van der Waals surface area contributed by atoms with Crippen molar-refractivity contribution in [2.75, 3.05) is 31.6 Å². The van der Waals surface area contributed by atoms with E-state index in [0.717, 1.165) is 6.42 Å². The van der Waals surface area contributed by atoms with Crippen LogP contribution in [0.1, 0.15) is 25.7 Å². The summed E-state index contributed by atoms with van der Waals surface area (Å²) in [5.74, 6) is 0.514. The summed E-state index contributed by atoms with van der Waals surface area (Å²) >= 11 is 5.80. The number of allylic oxidation sites excluding steroid dienone is 2. The van der Waals surface area contributed by atoms with Gasteiger partial charge in [0.2, 0.25) is 11.9 Å². The van der Waals surface area contributed by atoms with Gasteiger partial charge >= 0.3 is 0 Å². The van der Waals surface area contributed by atoms with Crippen LogP contribution in [0.25, 0.3) is 0 Å². The monoisotopic (exact) mass is 435 g/mol. The second-order valence-electron chi connectivity index (χ2n) is 7.45. The smallest absolute Gasteiger partial charge is 0.288 e. The van der Waals surface area contributed by atoms with E-state index in [2.05, 4.69) is 15.3 Å². The molecule has 11 heteroatoms. The Kier molecular flexibility index (Phi) is 6.14. The second kappa shape index (κ2) is 8.97. The summed E-state index contributed by atoms with van der Waals surface area (Å²) < 4.78 is 11.1. The number of anilines is 1. The fraction of sp³-hybridized carbons (Fsp3) is 0.526. The number of nitro groups is 1. The summed E-state index contributed by atoms with van der Waals surface area (Å²) in [6, 6.07) is 0.0237. The molecule has 2 atom stereocenters. The van der Waals surface area contributed by atoms with Gasteiger partial charge in [0, 0.05) is 37.5 Å². The van der Waals surface area contributed by atoms with Crippen LogP contribution in [-0.2, 0) is 14.3 Å². The highest BCUT2D eigenvalue weighted by Crippen LogP contribution is 2.29. The van der Waals surface area contributed by atoms with E-state index in [-0.39, 0.29) is 35.9 Å². The van der Waals surface area contributed by atoms with Crippen molar-refractivity contribution in [3.8, 4) is 0 Å². The van der Waals surface area contributed by atoms with Gasteiger partial charge in [0.1, 0.15) is 6.10 Å². The van der Waals surface area contributed by atoms with Gasteiger partial charge in [0.25, 0.3) is 5.70 Å². The van der Waals surface area contributed by atoms with Gasteiger partial charge in [-0.1, -0.05) is 11.6 Å². The summed E-state index contributed by atoms with van der Waals surface area (Å²) in [6.45, 7) is 2.05. The van der Waals surface area contributed by atoms with E-state index in [0.29, 0.717) is 55.7 Å². The zero-order valence-corrected chi connectivity index (χ0v) is 17.0. The SMILES string of the molecule is O=C(C1=CC(OC2CCOC2)=C([N+](=O)[O-])CC1)N1CC[C@@H](Nc2ncc(Cl)cn2)C1. The number of aromatic nitrogens is 2. The second-order valence-corrected chi connectivity index (χ2v) is 7.88. The van der Waals surface area contributed by atoms with E-state index in [4.69, 9.17) is 21.1 Å². The number of nitrogens with one attached hydrogen (secondary N) is 1. The molecule has 160 valence electrons. The number of amides is 1. The molecule has 10 nitrogen and oxygen atoms in total. The lowest BCUT2D eigenvalue weighted by Gasteiger charge is -2.22. The molecule has 4 rings (SSSR count). The lowest BCUT2D eigenvalue weighted by Crippen LogP contribution is -2.33. The van der Waals surface area contributed by atoms with Crippen molar-refractivity contribution >= 4 is 23.5 Å². The van der Waals surface area contributed by atoms with Crippen LogP contribution < -0.4 is 5.32 Å². The molecule has 2 aliphatic heterocycles. The van der Waals surface area contributed by atoms with Crippen LogP contribution >= 0.6 is 11.6 Å². The molecule has 1 amide bonds. The molecule has 0 radical (unpaired) electrons. The Hall–Kier alpha value is -2.72. The number of ether oxygens (including phenoxy) is 2. The zero-order valence-electron chi connectivity index (χ0n) is 16.3. The lowest BCUT2D eigenvalue weighted by atomic mass is 10.00. The number of hydrogen-bond donors (Lipinski definition) is 1. The molecule has 3 aliphatic rings. The van der Waals surface area contributed by atoms with Crippen molar-refractivity contribution in [1.82, 2.24) is 14.9 Å². The first kappa shape index (κ1) is 20.5. The van der Waals surface area contributed by atoms with E-state index >= 15 is 0 Å². The summed E-state index contributed by atoms with van der Waals surface area (Å²) in [5.41, 5.74) is 0.539. The van der Waals surface area contributed by atoms with Crippen molar-refractivity contribution in [2.24, 2.45) is 0 Å². The summed E-state index contributed by atoms with van der Waals surface area (Å²) in [7, 11) is 0. The third kappa shape index (κ3) is 4.71. The minimum Gasteiger partial charge on any atom is -0.481 e. The first-order valence-corrected chi connectivity index (χ1v) is 10.2. The van der Waals surface area contributed by atoms with Gasteiger partial charge in [-0.15, -0.1) is 0 Å². The molecule has 0 spiro atoms. The topological polar surface area (TPSA) is 120 Å². The van der Waals surface area contributed by atoms with E-state index < -0.39 is 4.92 Å². The highest BCUT2D eigenvalue weighted by Gasteiger charge is 2.33. The minimum absolute atomic E-state index is 0.0132. The number of carbonyl (C=O) groups excluding carboxylic acids is 1. The van der Waals surface area contributed by atoms with Gasteiger partial charge in [-0.05, 0) is 18.9 Å². The van der Waals surface area contributed by atoms with E-state index in [1.54, 1.807) is 4.90 Å². The average molecular weight is 436 g/mol. The van der Waals surface area contributed by atoms with E-state index in [1.165, 1.54) is 18.5 Å². The van der Waals surface area contributed by atoms with Gasteiger partial charge in [0.15, 0.2) is 5.76 Å². The molecule has 2 fully saturated rings. The Balaban J connectivity index is 1.42. The van der Waals surface area contributed by atoms with E-state index in [9.17, 15) is 14.9 Å². The van der Waals surface area contributed by atoms with Crippen molar-refractivity contribution in [3.05, 3.63) is 50.6 Å². The number of likely N-dealkylation sites (tertiary alicyclic amines) is 1. The van der Waals surface area contributed by atoms with Gasteiger partial charge in [0.05, 0.1) is 35.6 Å². The third-order valence-corrected chi connectivity index (χ3v) is 5.52. The maximum Gasteiger partial charge on any atom is 0.288 e. The Morgan fingerprint density at radius 1 is 1.33 bits per heavy atom. The Morgan fingerprint density at radius 2 is 2.13 bits per heavy atom. The minimum atomic E-state index is -0.426. The van der Waals surface area contributed by atoms with Gasteiger partial charge in [-0.2, -0.15) is 0 Å². The maximum absolute atomic E-state index is 13.0. The molecule has 0 bridgehead atoms. The Morgan fingerprint density at radius 3 is 2.83 bits per heavy atom. The highest BCUT2D eigenvalue weighted by molar-refractivity contribution is 6.30. The number of rotatable bonds is 6. The molecule has 1 aromatic rings. The normalized spacial score (nSPS) is 24.0. The van der Waals surface area contributed by atoms with Crippen molar-refractivity contribution in [1.29, 1.82) is 0 Å². The highest BCUT2D eigenvalue weighted by atomic mass is 35.5. The fourth-order valence-corrected chi connectivity index (χ4v) is 3.86. The zero-order chi connectivity index (χ0) is 21.1. The van der Waals surface area contributed by atoms with Crippen molar-refractivity contribution in [2.45, 2.75) is 37.8 Å². The molecule has 30 heavy (non-hydrogen) atoms. The van der Waals surface area contributed by atoms with Gasteiger partial charge in [-0.3, -0.25) is 14.9 Å². The number of nitrogens with zero attached hydrogens (tertiary/aromatic N) is 4. The molecular formula is C19H22ClN5O5. The average Bonchev–Trinajstić information content (AvgIpc) is 3.41.